The van der Waals surface area contributed by atoms with Gasteiger partial charge in [-0.3, -0.25) is 14.4 Å². The molecule has 1 N–H and O–H groups in total. The van der Waals surface area contributed by atoms with E-state index in [2.05, 4.69) is 5.32 Å². The fourth-order valence-electron chi connectivity index (χ4n) is 4.61. The molecule has 7 nitrogen and oxygen atoms in total. The summed E-state index contributed by atoms with van der Waals surface area (Å²) in [6.45, 7) is 4.94. The zero-order valence-corrected chi connectivity index (χ0v) is 20.1. The second-order valence-corrected chi connectivity index (χ2v) is 9.04. The molecule has 7 heteroatoms. The Morgan fingerprint density at radius 3 is 2.63 bits per heavy atom. The predicted octanol–water partition coefficient (Wildman–Crippen LogP) is 4.88. The number of carbonyl (C=O) groups is 3. The second-order valence-electron chi connectivity index (χ2n) is 9.04. The van der Waals surface area contributed by atoms with Crippen LogP contribution < -0.4 is 5.32 Å². The van der Waals surface area contributed by atoms with E-state index >= 15 is 0 Å². The third kappa shape index (κ3) is 5.98. The molecule has 0 spiro atoms. The van der Waals surface area contributed by atoms with Gasteiger partial charge in [-0.25, -0.2) is 0 Å². The minimum Gasteiger partial charge on any atom is -0.472 e. The molecule has 1 aliphatic rings. The van der Waals surface area contributed by atoms with Gasteiger partial charge in [0, 0.05) is 32.2 Å². The quantitative estimate of drug-likeness (QED) is 0.530. The Kier molecular flexibility index (Phi) is 7.65. The van der Waals surface area contributed by atoms with Crippen molar-refractivity contribution in [3.63, 3.8) is 0 Å². The van der Waals surface area contributed by atoms with E-state index in [0.29, 0.717) is 30.9 Å². The van der Waals surface area contributed by atoms with Crippen molar-refractivity contribution >= 4 is 23.4 Å². The number of likely N-dealkylation sites (tertiary alicyclic amines) is 1. The van der Waals surface area contributed by atoms with E-state index in [1.54, 1.807) is 11.0 Å². The van der Waals surface area contributed by atoms with Crippen LogP contribution in [-0.2, 0) is 16.1 Å². The van der Waals surface area contributed by atoms with E-state index in [-0.39, 0.29) is 29.7 Å². The highest BCUT2D eigenvalue weighted by Gasteiger charge is 2.34. The topological polar surface area (TPSA) is 82.9 Å². The van der Waals surface area contributed by atoms with Crippen molar-refractivity contribution in [2.45, 2.75) is 39.3 Å². The van der Waals surface area contributed by atoms with Gasteiger partial charge in [-0.2, -0.15) is 0 Å². The lowest BCUT2D eigenvalue weighted by molar-refractivity contribution is -0.140. The number of amides is 3. The van der Waals surface area contributed by atoms with Crippen molar-refractivity contribution in [3.8, 4) is 0 Å². The van der Waals surface area contributed by atoms with Crippen LogP contribution in [0.1, 0.15) is 54.2 Å². The maximum absolute atomic E-state index is 13.9. The number of hydrogen-bond donors (Lipinski definition) is 1. The fraction of sp³-hybridized carbons (Fsp3) is 0.321. The summed E-state index contributed by atoms with van der Waals surface area (Å²) in [5.74, 6) is -0.515. The van der Waals surface area contributed by atoms with E-state index in [1.807, 2.05) is 66.4 Å². The van der Waals surface area contributed by atoms with Crippen LogP contribution in [0.25, 0.3) is 0 Å². The van der Waals surface area contributed by atoms with Gasteiger partial charge in [-0.05, 0) is 49.1 Å². The average molecular weight is 474 g/mol. The van der Waals surface area contributed by atoms with Crippen LogP contribution in [0.15, 0.2) is 77.6 Å². The van der Waals surface area contributed by atoms with Gasteiger partial charge < -0.3 is 19.5 Å². The summed E-state index contributed by atoms with van der Waals surface area (Å²) in [6.07, 6.45) is 4.43. The lowest BCUT2D eigenvalue weighted by Gasteiger charge is -2.37. The van der Waals surface area contributed by atoms with Crippen LogP contribution >= 0.6 is 0 Å². The summed E-state index contributed by atoms with van der Waals surface area (Å²) >= 11 is 0. The second kappa shape index (κ2) is 11.0. The maximum atomic E-state index is 13.9. The Bertz CT molecular complexity index is 1160. The number of nitrogens with zero attached hydrogens (tertiary/aromatic N) is 2. The van der Waals surface area contributed by atoms with Gasteiger partial charge in [-0.1, -0.05) is 42.5 Å². The molecule has 2 atom stereocenters. The summed E-state index contributed by atoms with van der Waals surface area (Å²) in [4.78, 5) is 42.0. The molecule has 1 fully saturated rings. The molecule has 35 heavy (non-hydrogen) atoms. The van der Waals surface area contributed by atoms with E-state index in [0.717, 1.165) is 24.0 Å². The third-order valence-electron chi connectivity index (χ3n) is 6.46. The monoisotopic (exact) mass is 473 g/mol. The average Bonchev–Trinajstić information content (AvgIpc) is 3.42. The maximum Gasteiger partial charge on any atom is 0.257 e. The third-order valence-corrected chi connectivity index (χ3v) is 6.46. The number of hydrogen-bond acceptors (Lipinski definition) is 4. The molecule has 1 aliphatic heterocycles. The number of carbonyl (C=O) groups excluding carboxylic acids is 3. The van der Waals surface area contributed by atoms with Gasteiger partial charge in [0.15, 0.2) is 0 Å². The van der Waals surface area contributed by atoms with Gasteiger partial charge in [0.25, 0.3) is 5.91 Å². The minimum absolute atomic E-state index is 0.0241. The number of piperidine rings is 1. The lowest BCUT2D eigenvalue weighted by atomic mass is 9.94. The van der Waals surface area contributed by atoms with Crippen molar-refractivity contribution in [2.75, 3.05) is 18.4 Å². The van der Waals surface area contributed by atoms with E-state index in [1.165, 1.54) is 19.5 Å². The van der Waals surface area contributed by atoms with Crippen LogP contribution in [0.5, 0.6) is 0 Å². The standard InChI is InChI=1S/C28H31N3O4/c1-20(23-10-6-12-26(16-23)29-21(2)32)31(17-22-8-4-3-5-9-22)28(34)24-11-7-14-30(18-24)27(33)25-13-15-35-19-25/h3-6,8-10,12-13,15-16,19-20,24H,7,11,14,17-18H2,1-2H3,(H,29,32). The molecule has 0 bridgehead atoms. The molecule has 0 radical (unpaired) electrons. The number of furan rings is 1. The Morgan fingerprint density at radius 1 is 1.11 bits per heavy atom. The lowest BCUT2D eigenvalue weighted by Crippen LogP contribution is -2.47. The Balaban J connectivity index is 1.57. The highest BCUT2D eigenvalue weighted by atomic mass is 16.3. The first kappa shape index (κ1) is 24.3. The number of benzene rings is 2. The summed E-state index contributed by atoms with van der Waals surface area (Å²) in [5, 5.41) is 2.82. The SMILES string of the molecule is CC(=O)Nc1cccc(C(C)N(Cc2ccccc2)C(=O)C2CCCN(C(=O)c3ccoc3)C2)c1. The number of nitrogens with one attached hydrogen (secondary N) is 1. The number of anilines is 1. The Morgan fingerprint density at radius 2 is 1.91 bits per heavy atom. The van der Waals surface area contributed by atoms with Crippen molar-refractivity contribution < 1.29 is 18.8 Å². The van der Waals surface area contributed by atoms with Gasteiger partial charge in [0.05, 0.1) is 23.8 Å². The minimum atomic E-state index is -0.288. The molecule has 0 saturated carbocycles. The molecule has 0 aliphatic carbocycles. The first-order chi connectivity index (χ1) is 16.9. The van der Waals surface area contributed by atoms with Crippen molar-refractivity contribution in [2.24, 2.45) is 5.92 Å². The molecule has 1 saturated heterocycles. The summed E-state index contributed by atoms with van der Waals surface area (Å²) in [6, 6.07) is 18.9. The van der Waals surface area contributed by atoms with E-state index in [4.69, 9.17) is 4.42 Å². The summed E-state index contributed by atoms with van der Waals surface area (Å²) in [5.41, 5.74) is 3.17. The Labute approximate surface area is 205 Å². The van der Waals surface area contributed by atoms with E-state index < -0.39 is 0 Å². The number of rotatable bonds is 7. The van der Waals surface area contributed by atoms with Crippen LogP contribution in [0.2, 0.25) is 0 Å². The Hall–Kier alpha value is -3.87. The first-order valence-electron chi connectivity index (χ1n) is 12.0. The van der Waals surface area contributed by atoms with Crippen LogP contribution in [0.3, 0.4) is 0 Å². The summed E-state index contributed by atoms with van der Waals surface area (Å²) in [7, 11) is 0. The molecule has 2 heterocycles. The van der Waals surface area contributed by atoms with Crippen LogP contribution in [-0.4, -0.2) is 40.6 Å². The molecule has 2 aromatic carbocycles. The van der Waals surface area contributed by atoms with Crippen LogP contribution in [0, 0.1) is 5.92 Å². The highest BCUT2D eigenvalue weighted by molar-refractivity contribution is 5.94. The van der Waals surface area contributed by atoms with Gasteiger partial charge >= 0.3 is 0 Å². The molecule has 2 unspecified atom stereocenters. The van der Waals surface area contributed by atoms with Crippen molar-refractivity contribution in [3.05, 3.63) is 89.9 Å². The zero-order valence-electron chi connectivity index (χ0n) is 20.1. The zero-order chi connectivity index (χ0) is 24.8. The van der Waals surface area contributed by atoms with Gasteiger partial charge in [-0.15, -0.1) is 0 Å². The molecule has 4 rings (SSSR count). The van der Waals surface area contributed by atoms with Gasteiger partial charge in [0.1, 0.15) is 6.26 Å². The molecular formula is C28H31N3O4. The molecule has 1 aromatic heterocycles. The van der Waals surface area contributed by atoms with Crippen molar-refractivity contribution in [1.82, 2.24) is 9.80 Å². The van der Waals surface area contributed by atoms with Crippen molar-refractivity contribution in [1.29, 1.82) is 0 Å². The molecular weight excluding hydrogens is 442 g/mol. The normalized spacial score (nSPS) is 16.4. The largest absolute Gasteiger partial charge is 0.472 e. The molecule has 3 amide bonds. The van der Waals surface area contributed by atoms with Crippen LogP contribution in [0.4, 0.5) is 5.69 Å². The first-order valence-corrected chi connectivity index (χ1v) is 12.0. The fourth-order valence-corrected chi connectivity index (χ4v) is 4.61. The summed E-state index contributed by atoms with van der Waals surface area (Å²) < 4.78 is 5.07. The van der Waals surface area contributed by atoms with Gasteiger partial charge in [0.2, 0.25) is 11.8 Å². The smallest absolute Gasteiger partial charge is 0.257 e. The van der Waals surface area contributed by atoms with E-state index in [9.17, 15) is 14.4 Å². The highest BCUT2D eigenvalue weighted by Crippen LogP contribution is 2.29. The predicted molar refractivity (Wildman–Crippen MR) is 133 cm³/mol. The molecule has 182 valence electrons. The molecule has 3 aromatic rings.